The summed E-state index contributed by atoms with van der Waals surface area (Å²) < 4.78 is 13.4. The number of benzene rings is 1. The normalized spacial score (nSPS) is 11.1. The van der Waals surface area contributed by atoms with Crippen molar-refractivity contribution < 1.29 is 19.2 Å². The highest BCUT2D eigenvalue weighted by atomic mass is 33.1. The number of likely N-dealkylation sites (N-methyl/N-ethyl adjacent to an activating group) is 1. The van der Waals surface area contributed by atoms with Gasteiger partial charge >= 0.3 is 0 Å². The van der Waals surface area contributed by atoms with E-state index >= 15 is 0 Å². The maximum atomic E-state index is 8.98. The molecule has 0 unspecified atom stereocenters. The summed E-state index contributed by atoms with van der Waals surface area (Å²) in [4.78, 5) is 21.9. The Labute approximate surface area is 259 Å². The monoisotopic (exact) mass is 631 g/mol. The standard InChI is InChI=1S/C27H32N6O3S.CH3NO.H2S2/c1-27(2,3)22-16-23(31-36-22)28-19-8-6-18(7-9-19)20-17-33-21-10-11-24(30-25(21)37-26(33)29-20)35-15-5-12-32(4)13-14-34;2-1-3;1-2/h6-11,16-17,34H,5,12-15H2,1-4H3,(H,28,31);1H,(H2,2,3);1-2H. The van der Waals surface area contributed by atoms with Crippen LogP contribution in [0, 0.1) is 0 Å². The third-order valence-electron chi connectivity index (χ3n) is 6.05. The number of amides is 1. The van der Waals surface area contributed by atoms with Crippen molar-refractivity contribution >= 4 is 67.9 Å². The van der Waals surface area contributed by atoms with Crippen LogP contribution < -0.4 is 15.8 Å². The molecule has 0 bridgehead atoms. The van der Waals surface area contributed by atoms with Gasteiger partial charge in [0.1, 0.15) is 10.6 Å². The number of primary amides is 1. The molecule has 14 heteroatoms. The molecule has 4 aromatic heterocycles. The van der Waals surface area contributed by atoms with Crippen molar-refractivity contribution in [2.75, 3.05) is 38.7 Å². The minimum absolute atomic E-state index is 0.0861. The van der Waals surface area contributed by atoms with Crippen LogP contribution in [0.4, 0.5) is 11.5 Å². The van der Waals surface area contributed by atoms with E-state index in [-0.39, 0.29) is 18.4 Å². The van der Waals surface area contributed by atoms with E-state index in [2.05, 4.69) is 74.6 Å². The van der Waals surface area contributed by atoms with E-state index in [1.807, 2.05) is 55.7 Å². The fraction of sp³-hybridized carbons (Fsp3) is 0.357. The molecule has 0 aliphatic rings. The molecule has 1 amide bonds. The number of thiazole rings is 1. The third kappa shape index (κ3) is 8.85. The van der Waals surface area contributed by atoms with Crippen molar-refractivity contribution in [2.45, 2.75) is 32.6 Å². The zero-order valence-electron chi connectivity index (χ0n) is 24.0. The first-order valence-electron chi connectivity index (χ1n) is 13.1. The molecule has 0 radical (unpaired) electrons. The Morgan fingerprint density at radius 2 is 1.88 bits per heavy atom. The summed E-state index contributed by atoms with van der Waals surface area (Å²) in [5.74, 6) is 2.15. The van der Waals surface area contributed by atoms with Crippen molar-refractivity contribution in [3.05, 3.63) is 54.4 Å². The van der Waals surface area contributed by atoms with Gasteiger partial charge in [0.05, 0.1) is 24.4 Å². The zero-order valence-corrected chi connectivity index (χ0v) is 26.6. The average Bonchev–Trinajstić information content (AvgIpc) is 3.68. The van der Waals surface area contributed by atoms with E-state index < -0.39 is 0 Å². The molecule has 11 nitrogen and oxygen atoms in total. The van der Waals surface area contributed by atoms with Crippen LogP contribution in [0.2, 0.25) is 0 Å². The number of rotatable bonds is 10. The topological polar surface area (TPSA) is 144 Å². The molecular weight excluding hydrogens is 595 g/mol. The highest BCUT2D eigenvalue weighted by Gasteiger charge is 2.20. The minimum atomic E-state index is -0.0861. The van der Waals surface area contributed by atoms with Gasteiger partial charge < -0.3 is 30.3 Å². The summed E-state index contributed by atoms with van der Waals surface area (Å²) in [7, 11) is 1.99. The van der Waals surface area contributed by atoms with Gasteiger partial charge in [0.2, 0.25) is 12.3 Å². The molecule has 4 heterocycles. The Bertz CT molecular complexity index is 1540. The first kappa shape index (κ1) is 33.2. The number of thiol groups is 2. The molecule has 0 atom stereocenters. The van der Waals surface area contributed by atoms with Gasteiger partial charge in [-0.25, -0.2) is 9.97 Å². The highest BCUT2D eigenvalue weighted by molar-refractivity contribution is 8.59. The molecule has 1 aromatic carbocycles. The maximum absolute atomic E-state index is 8.98. The minimum Gasteiger partial charge on any atom is -0.478 e. The van der Waals surface area contributed by atoms with Crippen LogP contribution in [-0.2, 0) is 10.2 Å². The Morgan fingerprint density at radius 3 is 2.52 bits per heavy atom. The van der Waals surface area contributed by atoms with Crippen molar-refractivity contribution in [1.29, 1.82) is 0 Å². The van der Waals surface area contributed by atoms with Crippen LogP contribution in [0.15, 0.2) is 53.2 Å². The quantitative estimate of drug-likeness (QED) is 0.0608. The van der Waals surface area contributed by atoms with E-state index in [1.165, 1.54) is 0 Å². The lowest BCUT2D eigenvalue weighted by atomic mass is 9.93. The summed E-state index contributed by atoms with van der Waals surface area (Å²) in [6.45, 7) is 8.57. The molecule has 226 valence electrons. The predicted molar refractivity (Wildman–Crippen MR) is 175 cm³/mol. The molecule has 0 spiro atoms. The van der Waals surface area contributed by atoms with Crippen molar-refractivity contribution in [2.24, 2.45) is 5.73 Å². The number of hydrogen-bond acceptors (Lipinski definition) is 12. The lowest BCUT2D eigenvalue weighted by Gasteiger charge is -2.14. The second-order valence-corrected chi connectivity index (χ2v) is 11.2. The van der Waals surface area contributed by atoms with Crippen LogP contribution in [0.25, 0.3) is 26.6 Å². The highest BCUT2D eigenvalue weighted by Crippen LogP contribution is 2.31. The maximum Gasteiger partial charge on any atom is 0.214 e. The van der Waals surface area contributed by atoms with Crippen LogP contribution in [-0.4, -0.2) is 69.3 Å². The van der Waals surface area contributed by atoms with Gasteiger partial charge in [0.15, 0.2) is 10.8 Å². The largest absolute Gasteiger partial charge is 0.478 e. The second kappa shape index (κ2) is 15.8. The number of carbonyl (C=O) groups excluding carboxylic acids is 1. The fourth-order valence-electron chi connectivity index (χ4n) is 3.94. The molecule has 5 rings (SSSR count). The number of pyridine rings is 1. The van der Waals surface area contributed by atoms with Crippen molar-refractivity contribution in [3.63, 3.8) is 0 Å². The van der Waals surface area contributed by atoms with Gasteiger partial charge in [-0.2, -0.15) is 0 Å². The summed E-state index contributed by atoms with van der Waals surface area (Å²) in [5.41, 5.74) is 7.96. The van der Waals surface area contributed by atoms with Gasteiger partial charge in [0.25, 0.3) is 0 Å². The van der Waals surface area contributed by atoms with E-state index in [1.54, 1.807) is 11.3 Å². The van der Waals surface area contributed by atoms with Gasteiger partial charge in [-0.15, -0.1) is 23.3 Å². The lowest BCUT2D eigenvalue weighted by Crippen LogP contribution is -2.24. The lowest BCUT2D eigenvalue weighted by molar-refractivity contribution is -0.106. The summed E-state index contributed by atoms with van der Waals surface area (Å²) in [5, 5.41) is 16.4. The van der Waals surface area contributed by atoms with E-state index in [0.29, 0.717) is 24.8 Å². The van der Waals surface area contributed by atoms with Crippen LogP contribution in [0.3, 0.4) is 0 Å². The Balaban J connectivity index is 0.000000910. The van der Waals surface area contributed by atoms with E-state index in [9.17, 15) is 0 Å². The second-order valence-electron chi connectivity index (χ2n) is 10.2. The molecule has 0 aliphatic carbocycles. The Kier molecular flexibility index (Phi) is 12.5. The van der Waals surface area contributed by atoms with E-state index in [0.717, 1.165) is 51.0 Å². The number of aliphatic hydroxyl groups is 1. The van der Waals surface area contributed by atoms with Crippen LogP contribution >= 0.6 is 34.7 Å². The predicted octanol–water partition coefficient (Wildman–Crippen LogP) is 5.20. The Morgan fingerprint density at radius 1 is 1.17 bits per heavy atom. The molecule has 0 saturated carbocycles. The molecule has 5 aromatic rings. The number of imidazole rings is 1. The van der Waals surface area contributed by atoms with Gasteiger partial charge in [-0.1, -0.05) is 49.4 Å². The molecule has 0 saturated heterocycles. The number of ether oxygens (including phenoxy) is 1. The van der Waals surface area contributed by atoms with E-state index in [4.69, 9.17) is 24.1 Å². The number of nitrogens with two attached hydrogens (primary N) is 1. The first-order valence-corrected chi connectivity index (χ1v) is 15.5. The molecule has 0 aliphatic heterocycles. The summed E-state index contributed by atoms with van der Waals surface area (Å²) in [6, 6.07) is 14.0. The number of fused-ring (bicyclic) bond motifs is 3. The number of hydrogen-bond donors (Lipinski definition) is 5. The van der Waals surface area contributed by atoms with Crippen LogP contribution in [0.1, 0.15) is 33.0 Å². The molecule has 4 N–H and O–H groups in total. The Hall–Kier alpha value is -3.30. The molecular formula is C28H37N7O4S3. The third-order valence-corrected chi connectivity index (χ3v) is 7.02. The number of aliphatic hydroxyl groups excluding tert-OH is 1. The summed E-state index contributed by atoms with van der Waals surface area (Å²) in [6.07, 6.45) is 3.17. The average molecular weight is 632 g/mol. The number of carbonyl (C=O) groups is 1. The van der Waals surface area contributed by atoms with Crippen LogP contribution in [0.5, 0.6) is 5.88 Å². The van der Waals surface area contributed by atoms with Gasteiger partial charge in [0, 0.05) is 48.1 Å². The first-order chi connectivity index (χ1) is 20.2. The number of nitrogens with one attached hydrogen (secondary N) is 1. The number of nitrogens with zero attached hydrogens (tertiary/aromatic N) is 5. The molecule has 42 heavy (non-hydrogen) atoms. The zero-order chi connectivity index (χ0) is 30.7. The number of aromatic nitrogens is 4. The smallest absolute Gasteiger partial charge is 0.214 e. The summed E-state index contributed by atoms with van der Waals surface area (Å²) >= 11 is 7.99. The number of anilines is 2. The fourth-order valence-corrected chi connectivity index (χ4v) is 4.91. The SMILES string of the molecule is CN(CCO)CCCOc1ccc2c(n1)sc1nc(-c3ccc(Nc4cc(C(C)(C)C)on4)cc3)cn12.NC=O.SS. The van der Waals surface area contributed by atoms with Gasteiger partial charge in [-0.3, -0.25) is 9.20 Å². The van der Waals surface area contributed by atoms with Crippen molar-refractivity contribution in [3.8, 4) is 17.1 Å². The van der Waals surface area contributed by atoms with Crippen molar-refractivity contribution in [1.82, 2.24) is 24.4 Å². The van der Waals surface area contributed by atoms with Gasteiger partial charge in [-0.05, 0) is 31.7 Å². The molecule has 0 fully saturated rings.